The number of rotatable bonds is 3. The number of halogens is 1. The fourth-order valence-corrected chi connectivity index (χ4v) is 3.07. The SMILES string of the molecule is O=C1C(c2ccccc2)=C(c2ccc(Cl)cc2)N1c1ccccc1. The van der Waals surface area contributed by atoms with Gasteiger partial charge >= 0.3 is 0 Å². The van der Waals surface area contributed by atoms with Crippen LogP contribution in [0.4, 0.5) is 5.69 Å². The molecule has 1 amide bonds. The number of carbonyl (C=O) groups excluding carboxylic acids is 1. The molecule has 1 aliphatic heterocycles. The molecule has 3 heteroatoms. The van der Waals surface area contributed by atoms with E-state index in [4.69, 9.17) is 11.6 Å². The van der Waals surface area contributed by atoms with Crippen molar-refractivity contribution >= 4 is 34.5 Å². The maximum absolute atomic E-state index is 12.9. The van der Waals surface area contributed by atoms with Gasteiger partial charge in [-0.3, -0.25) is 9.69 Å². The summed E-state index contributed by atoms with van der Waals surface area (Å²) in [6.45, 7) is 0. The first kappa shape index (κ1) is 14.7. The Labute approximate surface area is 145 Å². The number of carbonyl (C=O) groups is 1. The molecular weight excluding hydrogens is 318 g/mol. The number of benzene rings is 3. The van der Waals surface area contributed by atoms with Crippen molar-refractivity contribution in [3.8, 4) is 0 Å². The lowest BCUT2D eigenvalue weighted by atomic mass is 9.90. The minimum atomic E-state index is 0.0114. The zero-order valence-corrected chi connectivity index (χ0v) is 13.6. The highest BCUT2D eigenvalue weighted by Gasteiger charge is 2.38. The molecule has 1 heterocycles. The van der Waals surface area contributed by atoms with E-state index in [0.717, 1.165) is 28.1 Å². The molecule has 0 unspecified atom stereocenters. The topological polar surface area (TPSA) is 20.3 Å². The maximum Gasteiger partial charge on any atom is 0.265 e. The largest absolute Gasteiger partial charge is 0.275 e. The molecule has 116 valence electrons. The Morgan fingerprint density at radius 2 is 1.25 bits per heavy atom. The first-order valence-electron chi connectivity index (χ1n) is 7.71. The minimum absolute atomic E-state index is 0.0114. The van der Waals surface area contributed by atoms with Crippen molar-refractivity contribution in [3.05, 3.63) is 101 Å². The number of nitrogens with zero attached hydrogens (tertiary/aromatic N) is 1. The molecule has 0 atom stereocenters. The molecule has 3 aromatic rings. The fraction of sp³-hybridized carbons (Fsp3) is 0. The monoisotopic (exact) mass is 331 g/mol. The third-order valence-electron chi connectivity index (χ3n) is 4.07. The fourth-order valence-electron chi connectivity index (χ4n) is 2.94. The summed E-state index contributed by atoms with van der Waals surface area (Å²) in [5.74, 6) is 0.0114. The highest BCUT2D eigenvalue weighted by atomic mass is 35.5. The number of amides is 1. The summed E-state index contributed by atoms with van der Waals surface area (Å²) in [5.41, 5.74) is 4.42. The summed E-state index contributed by atoms with van der Waals surface area (Å²) in [7, 11) is 0. The van der Waals surface area contributed by atoms with Gasteiger partial charge in [0.1, 0.15) is 0 Å². The van der Waals surface area contributed by atoms with Crippen LogP contribution in [-0.2, 0) is 4.79 Å². The Morgan fingerprint density at radius 3 is 1.88 bits per heavy atom. The lowest BCUT2D eigenvalue weighted by Gasteiger charge is -2.37. The molecule has 0 spiro atoms. The molecule has 0 saturated carbocycles. The number of hydrogen-bond acceptors (Lipinski definition) is 1. The quantitative estimate of drug-likeness (QED) is 0.641. The highest BCUT2D eigenvalue weighted by Crippen LogP contribution is 2.43. The van der Waals surface area contributed by atoms with Gasteiger partial charge in [0, 0.05) is 10.7 Å². The summed E-state index contributed by atoms with van der Waals surface area (Å²) in [6.07, 6.45) is 0. The summed E-state index contributed by atoms with van der Waals surface area (Å²) in [4.78, 5) is 14.6. The Bertz CT molecular complexity index is 915. The molecule has 24 heavy (non-hydrogen) atoms. The van der Waals surface area contributed by atoms with Crippen LogP contribution in [0.2, 0.25) is 5.02 Å². The molecule has 0 bridgehead atoms. The van der Waals surface area contributed by atoms with Crippen LogP contribution in [0.5, 0.6) is 0 Å². The second kappa shape index (κ2) is 5.99. The van der Waals surface area contributed by atoms with Gasteiger partial charge in [-0.15, -0.1) is 0 Å². The number of para-hydroxylation sites is 1. The van der Waals surface area contributed by atoms with Crippen LogP contribution >= 0.6 is 11.6 Å². The molecular formula is C21H14ClNO. The smallest absolute Gasteiger partial charge is 0.265 e. The van der Waals surface area contributed by atoms with Gasteiger partial charge in [-0.05, 0) is 35.4 Å². The van der Waals surface area contributed by atoms with Gasteiger partial charge in [0.05, 0.1) is 11.3 Å². The van der Waals surface area contributed by atoms with E-state index in [1.807, 2.05) is 84.9 Å². The van der Waals surface area contributed by atoms with Gasteiger partial charge in [-0.2, -0.15) is 0 Å². The van der Waals surface area contributed by atoms with E-state index in [9.17, 15) is 4.79 Å². The van der Waals surface area contributed by atoms with Crippen molar-refractivity contribution in [2.24, 2.45) is 0 Å². The second-order valence-electron chi connectivity index (χ2n) is 5.57. The third kappa shape index (κ3) is 2.41. The van der Waals surface area contributed by atoms with Crippen LogP contribution in [0.3, 0.4) is 0 Å². The normalized spacial score (nSPS) is 13.9. The van der Waals surface area contributed by atoms with E-state index >= 15 is 0 Å². The molecule has 1 aliphatic rings. The lowest BCUT2D eigenvalue weighted by molar-refractivity contribution is -0.113. The van der Waals surface area contributed by atoms with Crippen LogP contribution in [0.1, 0.15) is 11.1 Å². The van der Waals surface area contributed by atoms with E-state index in [0.29, 0.717) is 5.02 Å². The first-order valence-corrected chi connectivity index (χ1v) is 8.08. The van der Waals surface area contributed by atoms with Crippen molar-refractivity contribution in [1.29, 1.82) is 0 Å². The minimum Gasteiger partial charge on any atom is -0.275 e. The molecule has 0 aliphatic carbocycles. The maximum atomic E-state index is 12.9. The van der Waals surface area contributed by atoms with Gasteiger partial charge in [-0.25, -0.2) is 0 Å². The van der Waals surface area contributed by atoms with Crippen LogP contribution in [0.15, 0.2) is 84.9 Å². The Kier molecular flexibility index (Phi) is 3.68. The molecule has 0 fully saturated rings. The molecule has 0 aromatic heterocycles. The third-order valence-corrected chi connectivity index (χ3v) is 4.32. The molecule has 0 N–H and O–H groups in total. The Balaban J connectivity index is 1.90. The van der Waals surface area contributed by atoms with E-state index in [-0.39, 0.29) is 5.91 Å². The zero-order valence-electron chi connectivity index (χ0n) is 12.8. The van der Waals surface area contributed by atoms with E-state index in [1.54, 1.807) is 4.90 Å². The predicted octanol–water partition coefficient (Wildman–Crippen LogP) is 5.26. The van der Waals surface area contributed by atoms with Gasteiger partial charge in [-0.1, -0.05) is 72.3 Å². The number of anilines is 1. The van der Waals surface area contributed by atoms with Crippen LogP contribution in [0, 0.1) is 0 Å². The van der Waals surface area contributed by atoms with Crippen LogP contribution in [0.25, 0.3) is 11.3 Å². The molecule has 4 rings (SSSR count). The van der Waals surface area contributed by atoms with Crippen molar-refractivity contribution in [2.75, 3.05) is 4.90 Å². The first-order chi connectivity index (χ1) is 11.8. The summed E-state index contributed by atoms with van der Waals surface area (Å²) < 4.78 is 0. The predicted molar refractivity (Wildman–Crippen MR) is 98.6 cm³/mol. The summed E-state index contributed by atoms with van der Waals surface area (Å²) in [5, 5.41) is 0.678. The Morgan fingerprint density at radius 1 is 0.667 bits per heavy atom. The lowest BCUT2D eigenvalue weighted by Crippen LogP contribution is -2.40. The van der Waals surface area contributed by atoms with Crippen molar-refractivity contribution in [3.63, 3.8) is 0 Å². The van der Waals surface area contributed by atoms with Gasteiger partial charge in [0.25, 0.3) is 5.91 Å². The summed E-state index contributed by atoms with van der Waals surface area (Å²) in [6, 6.07) is 27.0. The second-order valence-corrected chi connectivity index (χ2v) is 6.01. The van der Waals surface area contributed by atoms with E-state index in [2.05, 4.69) is 0 Å². The average Bonchev–Trinajstić information content (AvgIpc) is 2.62. The average molecular weight is 332 g/mol. The van der Waals surface area contributed by atoms with E-state index in [1.165, 1.54) is 0 Å². The summed E-state index contributed by atoms with van der Waals surface area (Å²) >= 11 is 6.02. The van der Waals surface area contributed by atoms with Gasteiger partial charge < -0.3 is 0 Å². The van der Waals surface area contributed by atoms with Crippen molar-refractivity contribution in [2.45, 2.75) is 0 Å². The Hall–Kier alpha value is -2.84. The van der Waals surface area contributed by atoms with Gasteiger partial charge in [0.2, 0.25) is 0 Å². The number of hydrogen-bond donors (Lipinski definition) is 0. The van der Waals surface area contributed by atoms with Crippen molar-refractivity contribution in [1.82, 2.24) is 0 Å². The molecule has 2 nitrogen and oxygen atoms in total. The van der Waals surface area contributed by atoms with Crippen molar-refractivity contribution < 1.29 is 4.79 Å². The van der Waals surface area contributed by atoms with Gasteiger partial charge in [0.15, 0.2) is 0 Å². The standard InChI is InChI=1S/C21H14ClNO/c22-17-13-11-16(12-14-17)20-19(15-7-3-1-4-8-15)21(24)23(20)18-9-5-2-6-10-18/h1-14H. The molecule has 0 saturated heterocycles. The highest BCUT2D eigenvalue weighted by molar-refractivity contribution is 6.46. The molecule has 3 aromatic carbocycles. The molecule has 0 radical (unpaired) electrons. The zero-order chi connectivity index (χ0) is 16.5. The van der Waals surface area contributed by atoms with E-state index < -0.39 is 0 Å². The van der Waals surface area contributed by atoms with Crippen LogP contribution in [-0.4, -0.2) is 5.91 Å². The van der Waals surface area contributed by atoms with Crippen LogP contribution < -0.4 is 4.90 Å².